The molecule has 1 rings (SSSR count). The molecule has 0 saturated carbocycles. The van der Waals surface area contributed by atoms with Gasteiger partial charge in [0.25, 0.3) is 0 Å². The van der Waals surface area contributed by atoms with E-state index in [0.29, 0.717) is 18.9 Å². The van der Waals surface area contributed by atoms with Gasteiger partial charge in [-0.2, -0.15) is 0 Å². The van der Waals surface area contributed by atoms with Gasteiger partial charge in [-0.1, -0.05) is 20.8 Å². The Morgan fingerprint density at radius 3 is 2.40 bits per heavy atom. The largest absolute Gasteiger partial charge is 0.492 e. The molecule has 0 aliphatic carbocycles. The average Bonchev–Trinajstić information content (AvgIpc) is 2.36. The first kappa shape index (κ1) is 17.0. The maximum Gasteiger partial charge on any atom is 0.244 e. The first-order valence-electron chi connectivity index (χ1n) is 7.10. The number of hydrogen-bond acceptors (Lipinski definition) is 3. The SMILES string of the molecule is CCCNS(=O)(=O)c1cc(C(C)C)c(C)cc1OCC. The molecule has 1 N–H and O–H groups in total. The Bertz CT molecular complexity index is 550. The van der Waals surface area contributed by atoms with Crippen LogP contribution in [0.5, 0.6) is 5.75 Å². The molecule has 0 radical (unpaired) electrons. The lowest BCUT2D eigenvalue weighted by molar-refractivity contribution is 0.330. The van der Waals surface area contributed by atoms with Gasteiger partial charge in [-0.3, -0.25) is 0 Å². The van der Waals surface area contributed by atoms with Crippen molar-refractivity contribution < 1.29 is 13.2 Å². The quantitative estimate of drug-likeness (QED) is 0.841. The fourth-order valence-electron chi connectivity index (χ4n) is 2.09. The summed E-state index contributed by atoms with van der Waals surface area (Å²) in [6.07, 6.45) is 0.756. The molecule has 0 spiro atoms. The fraction of sp³-hybridized carbons (Fsp3) is 0.600. The van der Waals surface area contributed by atoms with Crippen molar-refractivity contribution in [3.63, 3.8) is 0 Å². The van der Waals surface area contributed by atoms with Gasteiger partial charge in [0, 0.05) is 6.54 Å². The second kappa shape index (κ2) is 7.09. The lowest BCUT2D eigenvalue weighted by atomic mass is 9.98. The number of hydrogen-bond donors (Lipinski definition) is 1. The van der Waals surface area contributed by atoms with Gasteiger partial charge in [-0.25, -0.2) is 13.1 Å². The molecule has 1 aromatic rings. The second-order valence-corrected chi connectivity index (χ2v) is 6.88. The van der Waals surface area contributed by atoms with Crippen molar-refractivity contribution in [3.05, 3.63) is 23.3 Å². The van der Waals surface area contributed by atoms with Crippen LogP contribution in [0, 0.1) is 6.92 Å². The maximum absolute atomic E-state index is 12.4. The highest BCUT2D eigenvalue weighted by atomic mass is 32.2. The molecule has 4 nitrogen and oxygen atoms in total. The molecule has 0 aliphatic heterocycles. The average molecular weight is 299 g/mol. The van der Waals surface area contributed by atoms with Crippen LogP contribution in [-0.2, 0) is 10.0 Å². The normalized spacial score (nSPS) is 11.9. The van der Waals surface area contributed by atoms with E-state index in [-0.39, 0.29) is 10.8 Å². The lowest BCUT2D eigenvalue weighted by Crippen LogP contribution is -2.25. The molecular formula is C15H25NO3S. The van der Waals surface area contributed by atoms with E-state index >= 15 is 0 Å². The molecule has 0 bridgehead atoms. The molecule has 0 saturated heterocycles. The minimum absolute atomic E-state index is 0.238. The Labute approximate surface area is 122 Å². The second-order valence-electron chi connectivity index (χ2n) is 5.14. The Hall–Kier alpha value is -1.07. The zero-order valence-electron chi connectivity index (χ0n) is 13.0. The van der Waals surface area contributed by atoms with Crippen LogP contribution in [0.15, 0.2) is 17.0 Å². The summed E-state index contributed by atoms with van der Waals surface area (Å²) in [7, 11) is -3.52. The summed E-state index contributed by atoms with van der Waals surface area (Å²) in [4.78, 5) is 0.238. The van der Waals surface area contributed by atoms with E-state index < -0.39 is 10.0 Å². The summed E-state index contributed by atoms with van der Waals surface area (Å²) in [6, 6.07) is 3.56. The molecule has 0 aromatic heterocycles. The molecule has 5 heteroatoms. The van der Waals surface area contributed by atoms with E-state index in [4.69, 9.17) is 4.74 Å². The van der Waals surface area contributed by atoms with Crippen LogP contribution in [0.4, 0.5) is 0 Å². The third-order valence-corrected chi connectivity index (χ3v) is 4.57. The Morgan fingerprint density at radius 1 is 1.25 bits per heavy atom. The predicted octanol–water partition coefficient (Wildman–Crippen LogP) is 3.21. The molecular weight excluding hydrogens is 274 g/mol. The van der Waals surface area contributed by atoms with Gasteiger partial charge >= 0.3 is 0 Å². The van der Waals surface area contributed by atoms with Crippen molar-refractivity contribution in [2.45, 2.75) is 51.9 Å². The molecule has 114 valence electrons. The van der Waals surface area contributed by atoms with Gasteiger partial charge in [-0.05, 0) is 49.4 Å². The first-order valence-corrected chi connectivity index (χ1v) is 8.58. The molecule has 0 amide bonds. The van der Waals surface area contributed by atoms with E-state index in [1.54, 1.807) is 6.07 Å². The van der Waals surface area contributed by atoms with Crippen LogP contribution >= 0.6 is 0 Å². The highest BCUT2D eigenvalue weighted by Gasteiger charge is 2.21. The summed E-state index contributed by atoms with van der Waals surface area (Å²) in [5, 5.41) is 0. The van der Waals surface area contributed by atoms with Crippen LogP contribution in [0.1, 0.15) is 51.2 Å². The minimum atomic E-state index is -3.52. The van der Waals surface area contributed by atoms with Crippen LogP contribution in [-0.4, -0.2) is 21.6 Å². The van der Waals surface area contributed by atoms with Gasteiger partial charge in [0.05, 0.1) is 6.61 Å². The Kier molecular flexibility index (Phi) is 6.02. The van der Waals surface area contributed by atoms with Gasteiger partial charge in [-0.15, -0.1) is 0 Å². The number of nitrogens with one attached hydrogen (secondary N) is 1. The summed E-state index contributed by atoms with van der Waals surface area (Å²) in [6.45, 7) is 10.7. The summed E-state index contributed by atoms with van der Waals surface area (Å²) < 4.78 is 32.9. The predicted molar refractivity (Wildman–Crippen MR) is 81.9 cm³/mol. The number of ether oxygens (including phenoxy) is 1. The standard InChI is InChI=1S/C15H25NO3S/c1-6-8-16-20(17,18)15-10-13(11(3)4)12(5)9-14(15)19-7-2/h9-11,16H,6-8H2,1-5H3. The highest BCUT2D eigenvalue weighted by molar-refractivity contribution is 7.89. The third-order valence-electron chi connectivity index (χ3n) is 3.09. The van der Waals surface area contributed by atoms with Gasteiger partial charge in [0.15, 0.2) is 0 Å². The van der Waals surface area contributed by atoms with Crippen LogP contribution < -0.4 is 9.46 Å². The smallest absolute Gasteiger partial charge is 0.244 e. The monoisotopic (exact) mass is 299 g/mol. The Balaban J connectivity index is 3.37. The van der Waals surface area contributed by atoms with Gasteiger partial charge in [0.2, 0.25) is 10.0 Å². The topological polar surface area (TPSA) is 55.4 Å². The first-order chi connectivity index (χ1) is 9.33. The van der Waals surface area contributed by atoms with Crippen LogP contribution in [0.3, 0.4) is 0 Å². The summed E-state index contributed by atoms with van der Waals surface area (Å²) in [5.41, 5.74) is 2.09. The van der Waals surface area contributed by atoms with E-state index in [1.807, 2.05) is 26.8 Å². The molecule has 1 aromatic carbocycles. The van der Waals surface area contributed by atoms with Crippen molar-refractivity contribution in [3.8, 4) is 5.75 Å². The molecule has 20 heavy (non-hydrogen) atoms. The Morgan fingerprint density at radius 2 is 1.90 bits per heavy atom. The summed E-state index contributed by atoms with van der Waals surface area (Å²) in [5.74, 6) is 0.698. The number of aryl methyl sites for hydroxylation is 1. The highest BCUT2D eigenvalue weighted by Crippen LogP contribution is 2.31. The molecule has 0 fully saturated rings. The van der Waals surface area contributed by atoms with E-state index in [0.717, 1.165) is 17.5 Å². The molecule has 0 aliphatic rings. The van der Waals surface area contributed by atoms with Gasteiger partial charge in [0.1, 0.15) is 10.6 Å². The van der Waals surface area contributed by atoms with Crippen molar-refractivity contribution in [1.29, 1.82) is 0 Å². The number of benzene rings is 1. The fourth-order valence-corrected chi connectivity index (χ4v) is 3.38. The van der Waals surface area contributed by atoms with Crippen LogP contribution in [0.25, 0.3) is 0 Å². The molecule has 0 unspecified atom stereocenters. The van der Waals surface area contributed by atoms with Gasteiger partial charge < -0.3 is 4.74 Å². The molecule has 0 heterocycles. The van der Waals surface area contributed by atoms with Crippen molar-refractivity contribution in [2.24, 2.45) is 0 Å². The van der Waals surface area contributed by atoms with E-state index in [1.165, 1.54) is 0 Å². The van der Waals surface area contributed by atoms with Crippen molar-refractivity contribution in [1.82, 2.24) is 4.72 Å². The van der Waals surface area contributed by atoms with E-state index in [9.17, 15) is 8.42 Å². The molecule has 0 atom stereocenters. The number of sulfonamides is 1. The van der Waals surface area contributed by atoms with E-state index in [2.05, 4.69) is 18.6 Å². The zero-order chi connectivity index (χ0) is 15.3. The van der Waals surface area contributed by atoms with Crippen molar-refractivity contribution >= 4 is 10.0 Å². The van der Waals surface area contributed by atoms with Crippen LogP contribution in [0.2, 0.25) is 0 Å². The lowest BCUT2D eigenvalue weighted by Gasteiger charge is -2.17. The zero-order valence-corrected chi connectivity index (χ0v) is 13.8. The minimum Gasteiger partial charge on any atom is -0.492 e. The maximum atomic E-state index is 12.4. The third kappa shape index (κ3) is 3.96. The summed E-state index contributed by atoms with van der Waals surface area (Å²) >= 11 is 0. The van der Waals surface area contributed by atoms with Crippen molar-refractivity contribution in [2.75, 3.05) is 13.2 Å². The number of rotatable bonds is 7.